The van der Waals surface area contributed by atoms with Crippen molar-refractivity contribution in [2.75, 3.05) is 11.1 Å². The van der Waals surface area contributed by atoms with Crippen LogP contribution in [0.1, 0.15) is 33.1 Å². The normalized spacial score (nSPS) is 20.5. The van der Waals surface area contributed by atoms with Gasteiger partial charge in [-0.25, -0.2) is 4.39 Å². The standard InChI is InChI=1S/C17H21FN4OS2/c1-11-5-3-6-12(2)22(11)15(23)10-24-17-21-20-16(25-17)19-14-8-4-7-13(18)9-14/h4,7-9,11-12H,3,5-6,10H2,1-2H3,(H,19,20)/t11-,12-/m1/s1. The van der Waals surface area contributed by atoms with Gasteiger partial charge in [0.15, 0.2) is 4.34 Å². The number of nitrogens with zero attached hydrogens (tertiary/aromatic N) is 3. The van der Waals surface area contributed by atoms with Crippen LogP contribution in [-0.2, 0) is 4.79 Å². The summed E-state index contributed by atoms with van der Waals surface area (Å²) in [6.45, 7) is 4.23. The Balaban J connectivity index is 1.55. The maximum absolute atomic E-state index is 13.2. The van der Waals surface area contributed by atoms with E-state index in [0.29, 0.717) is 28.7 Å². The molecule has 1 aliphatic heterocycles. The van der Waals surface area contributed by atoms with Crippen LogP contribution < -0.4 is 5.32 Å². The molecule has 0 aliphatic carbocycles. The molecule has 2 aromatic rings. The van der Waals surface area contributed by atoms with Gasteiger partial charge in [0.1, 0.15) is 5.82 Å². The van der Waals surface area contributed by atoms with Crippen molar-refractivity contribution in [3.63, 3.8) is 0 Å². The predicted octanol–water partition coefficient (Wildman–Crippen LogP) is 4.30. The molecular weight excluding hydrogens is 359 g/mol. The number of amides is 1. The number of halogens is 1. The molecule has 1 saturated heterocycles. The summed E-state index contributed by atoms with van der Waals surface area (Å²) in [5.41, 5.74) is 0.625. The van der Waals surface area contributed by atoms with Crippen LogP contribution in [-0.4, -0.2) is 38.8 Å². The van der Waals surface area contributed by atoms with E-state index < -0.39 is 0 Å². The lowest BCUT2D eigenvalue weighted by Gasteiger charge is -2.39. The zero-order valence-electron chi connectivity index (χ0n) is 14.2. The van der Waals surface area contributed by atoms with Gasteiger partial charge in [-0.2, -0.15) is 0 Å². The Bertz CT molecular complexity index is 729. The Morgan fingerprint density at radius 2 is 2.12 bits per heavy atom. The summed E-state index contributed by atoms with van der Waals surface area (Å²) >= 11 is 2.76. The average Bonchev–Trinajstić information content (AvgIpc) is 3.00. The number of rotatable bonds is 5. The van der Waals surface area contributed by atoms with Crippen molar-refractivity contribution in [3.8, 4) is 0 Å². The number of hydrogen-bond donors (Lipinski definition) is 1. The minimum atomic E-state index is -0.306. The second-order valence-electron chi connectivity index (χ2n) is 6.23. The molecule has 2 atom stereocenters. The third-order valence-corrected chi connectivity index (χ3v) is 6.24. The lowest BCUT2D eigenvalue weighted by Crippen LogP contribution is -2.48. The Labute approximate surface area is 155 Å². The molecular formula is C17H21FN4OS2. The van der Waals surface area contributed by atoms with Crippen molar-refractivity contribution in [3.05, 3.63) is 30.1 Å². The summed E-state index contributed by atoms with van der Waals surface area (Å²) in [5.74, 6) is 0.211. The van der Waals surface area contributed by atoms with Gasteiger partial charge in [0.25, 0.3) is 0 Å². The Morgan fingerprint density at radius 1 is 1.36 bits per heavy atom. The van der Waals surface area contributed by atoms with Crippen molar-refractivity contribution < 1.29 is 9.18 Å². The van der Waals surface area contributed by atoms with Gasteiger partial charge in [0.05, 0.1) is 5.75 Å². The minimum Gasteiger partial charge on any atom is -0.337 e. The number of nitrogens with one attached hydrogen (secondary N) is 1. The molecule has 1 aromatic carbocycles. The number of anilines is 2. The number of carbonyl (C=O) groups excluding carboxylic acids is 1. The Morgan fingerprint density at radius 3 is 2.84 bits per heavy atom. The summed E-state index contributed by atoms with van der Waals surface area (Å²) in [7, 11) is 0. The molecule has 1 N–H and O–H groups in total. The molecule has 1 fully saturated rings. The van der Waals surface area contributed by atoms with E-state index in [1.165, 1.54) is 41.7 Å². The molecule has 0 bridgehead atoms. The van der Waals surface area contributed by atoms with E-state index >= 15 is 0 Å². The highest BCUT2D eigenvalue weighted by Gasteiger charge is 2.28. The Kier molecular flexibility index (Phi) is 5.90. The number of likely N-dealkylation sites (tertiary alicyclic amines) is 1. The van der Waals surface area contributed by atoms with Crippen LogP contribution in [0.5, 0.6) is 0 Å². The van der Waals surface area contributed by atoms with Crippen molar-refractivity contribution in [1.82, 2.24) is 15.1 Å². The molecule has 0 saturated carbocycles. The number of thioether (sulfide) groups is 1. The second kappa shape index (κ2) is 8.14. The molecule has 0 radical (unpaired) electrons. The van der Waals surface area contributed by atoms with Crippen molar-refractivity contribution in [1.29, 1.82) is 0 Å². The van der Waals surface area contributed by atoms with Crippen LogP contribution in [0.4, 0.5) is 15.2 Å². The van der Waals surface area contributed by atoms with Crippen LogP contribution in [0, 0.1) is 5.82 Å². The van der Waals surface area contributed by atoms with Crippen LogP contribution in [0.25, 0.3) is 0 Å². The van der Waals surface area contributed by atoms with Crippen LogP contribution >= 0.6 is 23.1 Å². The highest BCUT2D eigenvalue weighted by molar-refractivity contribution is 8.01. The molecule has 0 unspecified atom stereocenters. The van der Waals surface area contributed by atoms with E-state index in [1.54, 1.807) is 12.1 Å². The van der Waals surface area contributed by atoms with E-state index in [4.69, 9.17) is 0 Å². The average molecular weight is 381 g/mol. The van der Waals surface area contributed by atoms with Crippen molar-refractivity contribution in [2.24, 2.45) is 0 Å². The molecule has 25 heavy (non-hydrogen) atoms. The minimum absolute atomic E-state index is 0.152. The van der Waals surface area contributed by atoms with Crippen molar-refractivity contribution >= 4 is 39.8 Å². The zero-order valence-corrected chi connectivity index (χ0v) is 15.9. The summed E-state index contributed by atoms with van der Waals surface area (Å²) in [5, 5.41) is 11.8. The fourth-order valence-corrected chi connectivity index (χ4v) is 4.76. The van der Waals surface area contributed by atoms with Crippen LogP contribution in [0.3, 0.4) is 0 Å². The molecule has 134 valence electrons. The molecule has 2 heterocycles. The van der Waals surface area contributed by atoms with Gasteiger partial charge in [-0.15, -0.1) is 10.2 Å². The molecule has 8 heteroatoms. The van der Waals surface area contributed by atoms with Crippen LogP contribution in [0.15, 0.2) is 28.6 Å². The van der Waals surface area contributed by atoms with Crippen LogP contribution in [0.2, 0.25) is 0 Å². The number of hydrogen-bond acceptors (Lipinski definition) is 6. The van der Waals surface area contributed by atoms with E-state index in [2.05, 4.69) is 29.4 Å². The summed E-state index contributed by atoms with van der Waals surface area (Å²) in [4.78, 5) is 14.5. The molecule has 1 amide bonds. The van der Waals surface area contributed by atoms with Gasteiger partial charge in [-0.3, -0.25) is 4.79 Å². The van der Waals surface area contributed by atoms with E-state index in [1.807, 2.05) is 4.90 Å². The Hall–Kier alpha value is -1.67. The smallest absolute Gasteiger partial charge is 0.233 e. The summed E-state index contributed by atoms with van der Waals surface area (Å²) < 4.78 is 13.9. The zero-order chi connectivity index (χ0) is 17.8. The van der Waals surface area contributed by atoms with Gasteiger partial charge in [0.2, 0.25) is 11.0 Å². The number of piperidine rings is 1. The summed E-state index contributed by atoms with van der Waals surface area (Å²) in [6, 6.07) is 6.79. The van der Waals surface area contributed by atoms with Gasteiger partial charge in [-0.05, 0) is 51.3 Å². The fraction of sp³-hybridized carbons (Fsp3) is 0.471. The largest absolute Gasteiger partial charge is 0.337 e. The lowest BCUT2D eigenvalue weighted by atomic mass is 9.98. The van der Waals surface area contributed by atoms with Crippen molar-refractivity contribution in [2.45, 2.75) is 49.5 Å². The molecule has 3 rings (SSSR count). The monoisotopic (exact) mass is 380 g/mol. The van der Waals surface area contributed by atoms with Gasteiger partial charge >= 0.3 is 0 Å². The molecule has 5 nitrogen and oxygen atoms in total. The second-order valence-corrected chi connectivity index (χ2v) is 8.43. The molecule has 1 aromatic heterocycles. The van der Waals surface area contributed by atoms with Gasteiger partial charge in [-0.1, -0.05) is 29.2 Å². The number of carbonyl (C=O) groups is 1. The summed E-state index contributed by atoms with van der Waals surface area (Å²) in [6.07, 6.45) is 3.33. The highest BCUT2D eigenvalue weighted by atomic mass is 32.2. The van der Waals surface area contributed by atoms with E-state index in [0.717, 1.165) is 17.2 Å². The SMILES string of the molecule is C[C@@H]1CCC[C@@H](C)N1C(=O)CSc1nnc(Nc2cccc(F)c2)s1. The first kappa shape index (κ1) is 18.1. The first-order valence-corrected chi connectivity index (χ1v) is 10.1. The first-order valence-electron chi connectivity index (χ1n) is 8.33. The molecule has 0 spiro atoms. The maximum Gasteiger partial charge on any atom is 0.233 e. The molecule has 1 aliphatic rings. The third-order valence-electron chi connectivity index (χ3n) is 4.28. The van der Waals surface area contributed by atoms with Gasteiger partial charge < -0.3 is 10.2 Å². The predicted molar refractivity (Wildman–Crippen MR) is 99.9 cm³/mol. The first-order chi connectivity index (χ1) is 12.0. The van der Waals surface area contributed by atoms with E-state index in [9.17, 15) is 9.18 Å². The number of aromatic nitrogens is 2. The maximum atomic E-state index is 13.2. The quantitative estimate of drug-likeness (QED) is 0.784. The highest BCUT2D eigenvalue weighted by Crippen LogP contribution is 2.29. The topological polar surface area (TPSA) is 58.1 Å². The third kappa shape index (κ3) is 4.70. The number of benzene rings is 1. The van der Waals surface area contributed by atoms with Gasteiger partial charge in [0, 0.05) is 17.8 Å². The fourth-order valence-electron chi connectivity index (χ4n) is 3.12. The lowest BCUT2D eigenvalue weighted by molar-refractivity contribution is -0.134. The van der Waals surface area contributed by atoms with E-state index in [-0.39, 0.29) is 11.7 Å².